The minimum Gasteiger partial charge on any atom is -0.454 e. The van der Waals surface area contributed by atoms with Crippen LogP contribution < -0.4 is 26.0 Å². The van der Waals surface area contributed by atoms with Crippen molar-refractivity contribution < 1.29 is 14.3 Å². The lowest BCUT2D eigenvalue weighted by atomic mass is 10.2. The molecule has 5 rings (SSSR count). The van der Waals surface area contributed by atoms with Gasteiger partial charge in [-0.25, -0.2) is 14.8 Å². The van der Waals surface area contributed by atoms with E-state index in [-0.39, 0.29) is 29.8 Å². The van der Waals surface area contributed by atoms with Crippen molar-refractivity contribution in [3.63, 3.8) is 0 Å². The van der Waals surface area contributed by atoms with Gasteiger partial charge in [-0.15, -0.1) is 0 Å². The highest BCUT2D eigenvalue weighted by Crippen LogP contribution is 2.39. The Kier molecular flexibility index (Phi) is 6.03. The van der Waals surface area contributed by atoms with Gasteiger partial charge < -0.3 is 14.8 Å². The number of ether oxygens (including phenoxy) is 2. The van der Waals surface area contributed by atoms with E-state index in [1.165, 1.54) is 23.4 Å². The van der Waals surface area contributed by atoms with Crippen LogP contribution in [0.5, 0.6) is 11.5 Å². The highest BCUT2D eigenvalue weighted by molar-refractivity contribution is 8.00. The molecule has 3 heterocycles. The monoisotopic (exact) mass is 483 g/mol. The number of amides is 1. The molecule has 2 aliphatic rings. The zero-order valence-electron chi connectivity index (χ0n) is 19.0. The third kappa shape index (κ3) is 4.27. The number of carbonyl (C=O) groups excluding carboxylic acids is 1. The molecule has 1 aromatic carbocycles. The lowest BCUT2D eigenvalue weighted by Gasteiger charge is -2.14. The molecule has 0 bridgehead atoms. The Bertz CT molecular complexity index is 1400. The molecule has 0 atom stereocenters. The fourth-order valence-electron chi connectivity index (χ4n) is 3.84. The van der Waals surface area contributed by atoms with Gasteiger partial charge in [0.1, 0.15) is 16.2 Å². The highest BCUT2D eigenvalue weighted by atomic mass is 32.2. The van der Waals surface area contributed by atoms with Gasteiger partial charge >= 0.3 is 5.69 Å². The van der Waals surface area contributed by atoms with E-state index in [2.05, 4.69) is 15.3 Å². The van der Waals surface area contributed by atoms with E-state index in [9.17, 15) is 14.4 Å². The quantitative estimate of drug-likeness (QED) is 0.381. The fourth-order valence-corrected chi connectivity index (χ4v) is 4.69. The first-order valence-corrected chi connectivity index (χ1v) is 12.2. The van der Waals surface area contributed by atoms with Crippen molar-refractivity contribution in [1.29, 1.82) is 0 Å². The molecular formula is C23H25N5O5S. The molecule has 178 valence electrons. The number of rotatable bonds is 8. The molecule has 10 nitrogen and oxygen atoms in total. The second-order valence-electron chi connectivity index (χ2n) is 8.41. The van der Waals surface area contributed by atoms with Gasteiger partial charge in [-0.05, 0) is 37.0 Å². The van der Waals surface area contributed by atoms with Crippen LogP contribution in [0.2, 0.25) is 0 Å². The highest BCUT2D eigenvalue weighted by Gasteiger charge is 2.29. The normalized spacial score (nSPS) is 14.5. The third-order valence-corrected chi connectivity index (χ3v) is 6.80. The van der Waals surface area contributed by atoms with Crippen molar-refractivity contribution in [2.45, 2.75) is 50.2 Å². The molecule has 1 saturated carbocycles. The summed E-state index contributed by atoms with van der Waals surface area (Å²) >= 11 is 1.19. The average molecular weight is 484 g/mol. The van der Waals surface area contributed by atoms with Crippen LogP contribution in [0.4, 0.5) is 0 Å². The summed E-state index contributed by atoms with van der Waals surface area (Å²) < 4.78 is 13.3. The van der Waals surface area contributed by atoms with Crippen LogP contribution in [0.3, 0.4) is 0 Å². The van der Waals surface area contributed by atoms with Crippen molar-refractivity contribution in [2.75, 3.05) is 12.5 Å². The maximum atomic E-state index is 13.0. The summed E-state index contributed by atoms with van der Waals surface area (Å²) in [6.07, 6.45) is 2.68. The van der Waals surface area contributed by atoms with Crippen LogP contribution in [0.25, 0.3) is 11.0 Å². The molecule has 1 aliphatic carbocycles. The third-order valence-electron chi connectivity index (χ3n) is 5.82. The Morgan fingerprint density at radius 2 is 2.00 bits per heavy atom. The summed E-state index contributed by atoms with van der Waals surface area (Å²) in [4.78, 5) is 47.6. The van der Waals surface area contributed by atoms with Crippen molar-refractivity contribution in [1.82, 2.24) is 24.4 Å². The van der Waals surface area contributed by atoms with Gasteiger partial charge in [-0.3, -0.25) is 18.7 Å². The summed E-state index contributed by atoms with van der Waals surface area (Å²) in [5, 5.41) is 3.61. The van der Waals surface area contributed by atoms with E-state index in [1.54, 1.807) is 0 Å². The van der Waals surface area contributed by atoms with E-state index in [4.69, 9.17) is 9.47 Å². The van der Waals surface area contributed by atoms with Crippen LogP contribution >= 0.6 is 11.8 Å². The minimum absolute atomic E-state index is 0.0802. The molecule has 0 unspecified atom stereocenters. The lowest BCUT2D eigenvalue weighted by molar-refractivity contribution is -0.118. The van der Waals surface area contributed by atoms with Gasteiger partial charge in [-0.2, -0.15) is 0 Å². The van der Waals surface area contributed by atoms with Gasteiger partial charge in [0.2, 0.25) is 12.7 Å². The molecular weight excluding hydrogens is 458 g/mol. The molecule has 1 N–H and O–H groups in total. The maximum absolute atomic E-state index is 13.0. The van der Waals surface area contributed by atoms with E-state index in [0.717, 1.165) is 29.4 Å². The van der Waals surface area contributed by atoms with Crippen molar-refractivity contribution in [3.05, 3.63) is 50.4 Å². The van der Waals surface area contributed by atoms with E-state index in [0.29, 0.717) is 41.1 Å². The van der Waals surface area contributed by atoms with Crippen LogP contribution in [0.15, 0.2) is 32.8 Å². The first-order chi connectivity index (χ1) is 16.5. The van der Waals surface area contributed by atoms with E-state index in [1.807, 2.05) is 25.1 Å². The Morgan fingerprint density at radius 3 is 2.76 bits per heavy atom. The zero-order valence-corrected chi connectivity index (χ0v) is 19.8. The summed E-state index contributed by atoms with van der Waals surface area (Å²) in [5.74, 6) is 2.11. The summed E-state index contributed by atoms with van der Waals surface area (Å²) in [6, 6.07) is 5.53. The number of nitrogens with one attached hydrogen (secondary N) is 1. The van der Waals surface area contributed by atoms with Crippen LogP contribution in [0.1, 0.15) is 43.5 Å². The molecule has 3 aromatic rings. The standard InChI is InChI=1S/C23H25N5O5S/c1-3-8-28-20-18(22(30)27(2)23(28)31)21(26-19(25-20)14-5-6-14)34-11-17(29)24-10-13-4-7-15-16(9-13)33-12-32-15/h4,7,9,14H,3,5-6,8,10-12H2,1-2H3,(H,24,29). The molecule has 1 fully saturated rings. The first-order valence-electron chi connectivity index (χ1n) is 11.3. The van der Waals surface area contributed by atoms with Crippen molar-refractivity contribution in [3.8, 4) is 11.5 Å². The number of thioether (sulfide) groups is 1. The number of benzene rings is 1. The number of aromatic nitrogens is 4. The molecule has 0 radical (unpaired) electrons. The Balaban J connectivity index is 1.39. The molecule has 11 heteroatoms. The van der Waals surface area contributed by atoms with Gasteiger partial charge in [0.15, 0.2) is 17.1 Å². The van der Waals surface area contributed by atoms with Gasteiger partial charge in [0.05, 0.1) is 5.75 Å². The summed E-state index contributed by atoms with van der Waals surface area (Å²) in [7, 11) is 1.46. The molecule has 1 amide bonds. The SMILES string of the molecule is CCCn1c(=O)n(C)c(=O)c2c(SCC(=O)NCc3ccc4c(c3)OCO4)nc(C3CC3)nc21. The van der Waals surface area contributed by atoms with Gasteiger partial charge in [0.25, 0.3) is 5.56 Å². The average Bonchev–Trinajstić information content (AvgIpc) is 3.59. The molecule has 1 aliphatic heterocycles. The zero-order chi connectivity index (χ0) is 23.8. The Labute approximate surface area is 199 Å². The van der Waals surface area contributed by atoms with Crippen molar-refractivity contribution >= 4 is 28.7 Å². The Hall–Kier alpha value is -3.34. The fraction of sp³-hybridized carbons (Fsp3) is 0.435. The molecule has 0 spiro atoms. The number of nitrogens with zero attached hydrogens (tertiary/aromatic N) is 4. The topological polar surface area (TPSA) is 117 Å². The summed E-state index contributed by atoms with van der Waals surface area (Å²) in [5.41, 5.74) is 0.411. The number of hydrogen-bond donors (Lipinski definition) is 1. The number of fused-ring (bicyclic) bond motifs is 2. The first kappa shape index (κ1) is 22.5. The predicted molar refractivity (Wildman–Crippen MR) is 126 cm³/mol. The van der Waals surface area contributed by atoms with Gasteiger partial charge in [0, 0.05) is 26.1 Å². The predicted octanol–water partition coefficient (Wildman–Crippen LogP) is 1.91. The second-order valence-corrected chi connectivity index (χ2v) is 9.38. The maximum Gasteiger partial charge on any atom is 0.332 e. The largest absolute Gasteiger partial charge is 0.454 e. The lowest BCUT2D eigenvalue weighted by Crippen LogP contribution is -2.39. The number of carbonyl (C=O) groups is 1. The summed E-state index contributed by atoms with van der Waals surface area (Å²) in [6.45, 7) is 2.95. The minimum atomic E-state index is -0.446. The molecule has 0 saturated heterocycles. The van der Waals surface area contributed by atoms with Crippen LogP contribution in [0, 0.1) is 0 Å². The Morgan fingerprint density at radius 1 is 1.21 bits per heavy atom. The smallest absolute Gasteiger partial charge is 0.332 e. The van der Waals surface area contributed by atoms with E-state index >= 15 is 0 Å². The number of aryl methyl sites for hydroxylation is 1. The van der Waals surface area contributed by atoms with E-state index < -0.39 is 11.2 Å². The molecule has 2 aromatic heterocycles. The second kappa shape index (κ2) is 9.13. The van der Waals surface area contributed by atoms with Crippen LogP contribution in [-0.4, -0.2) is 37.6 Å². The molecule has 34 heavy (non-hydrogen) atoms. The van der Waals surface area contributed by atoms with Crippen molar-refractivity contribution in [2.24, 2.45) is 7.05 Å². The number of hydrogen-bond acceptors (Lipinski definition) is 8. The van der Waals surface area contributed by atoms with Gasteiger partial charge in [-0.1, -0.05) is 24.8 Å². The van der Waals surface area contributed by atoms with Crippen LogP contribution in [-0.2, 0) is 24.9 Å².